The maximum Gasteiger partial charge on any atom is 0.256 e. The van der Waals surface area contributed by atoms with Gasteiger partial charge in [-0.1, -0.05) is 31.5 Å². The first kappa shape index (κ1) is 27.3. The molecule has 2 amide bonds. The third-order valence-corrected chi connectivity index (χ3v) is 7.26. The molecule has 0 atom stereocenters. The second kappa shape index (κ2) is 11.9. The van der Waals surface area contributed by atoms with Gasteiger partial charge in [0, 0.05) is 45.6 Å². The Hall–Kier alpha value is -4.27. The zero-order valence-corrected chi connectivity index (χ0v) is 23.4. The normalized spacial score (nSPS) is 13.5. The van der Waals surface area contributed by atoms with Crippen LogP contribution >= 0.6 is 11.6 Å². The van der Waals surface area contributed by atoms with Gasteiger partial charge in [0.05, 0.1) is 17.7 Å². The molecule has 0 aliphatic carbocycles. The van der Waals surface area contributed by atoms with Crippen molar-refractivity contribution in [3.05, 3.63) is 82.5 Å². The summed E-state index contributed by atoms with van der Waals surface area (Å²) < 4.78 is 11.2. The maximum absolute atomic E-state index is 13.3. The van der Waals surface area contributed by atoms with Crippen molar-refractivity contribution in [1.82, 2.24) is 9.88 Å². The number of halogens is 1. The number of rotatable bonds is 10. The standard InChI is InChI=1S/C31H31ClN4O4/c1-4-36(5-2)13-14-40-22-10-11-26-19(16-22)15-21(33-26)17-24-29-23(7-6-8-27(29)35-31(24)38)30(37)34-20-9-12-28(39-3)25(32)18-20/h6-12,15-18,33H,4-5,13-14H2,1-3H3,(H,34,37)(H,35,38). The van der Waals surface area contributed by atoms with E-state index in [9.17, 15) is 9.59 Å². The number of fused-ring (bicyclic) bond motifs is 2. The lowest BCUT2D eigenvalue weighted by atomic mass is 9.99. The Morgan fingerprint density at radius 2 is 1.90 bits per heavy atom. The van der Waals surface area contributed by atoms with E-state index < -0.39 is 0 Å². The van der Waals surface area contributed by atoms with Crippen molar-refractivity contribution in [2.75, 3.05) is 44.0 Å². The molecule has 0 bridgehead atoms. The second-order valence-corrected chi connectivity index (χ2v) is 9.80. The number of amides is 2. The van der Waals surface area contributed by atoms with Crippen LogP contribution in [0.2, 0.25) is 5.02 Å². The average molecular weight is 559 g/mol. The molecule has 206 valence electrons. The van der Waals surface area contributed by atoms with E-state index in [1.165, 1.54) is 7.11 Å². The van der Waals surface area contributed by atoms with E-state index in [1.54, 1.807) is 42.5 Å². The van der Waals surface area contributed by atoms with E-state index in [0.29, 0.717) is 45.5 Å². The first-order chi connectivity index (χ1) is 19.4. The molecular weight excluding hydrogens is 528 g/mol. The Morgan fingerprint density at radius 1 is 1.07 bits per heavy atom. The number of methoxy groups -OCH3 is 1. The molecule has 40 heavy (non-hydrogen) atoms. The SMILES string of the molecule is CCN(CC)CCOc1ccc2[nH]c(C=C3C(=O)Nc4cccc(C(=O)Nc5ccc(OC)c(Cl)c5)c43)cc2c1. The minimum atomic E-state index is -0.358. The predicted octanol–water partition coefficient (Wildman–Crippen LogP) is 6.30. The zero-order chi connectivity index (χ0) is 28.2. The highest BCUT2D eigenvalue weighted by atomic mass is 35.5. The summed E-state index contributed by atoms with van der Waals surface area (Å²) >= 11 is 6.22. The van der Waals surface area contributed by atoms with Gasteiger partial charge in [-0.15, -0.1) is 0 Å². The maximum atomic E-state index is 13.3. The van der Waals surface area contributed by atoms with Crippen LogP contribution in [0.4, 0.5) is 11.4 Å². The highest BCUT2D eigenvalue weighted by Gasteiger charge is 2.29. The molecule has 5 rings (SSSR count). The number of ether oxygens (including phenoxy) is 2. The van der Waals surface area contributed by atoms with Crippen LogP contribution in [0.5, 0.6) is 11.5 Å². The van der Waals surface area contributed by atoms with E-state index in [2.05, 4.69) is 34.4 Å². The summed E-state index contributed by atoms with van der Waals surface area (Å²) in [6.07, 6.45) is 1.77. The van der Waals surface area contributed by atoms with Gasteiger partial charge in [0.25, 0.3) is 11.8 Å². The number of carbonyl (C=O) groups is 2. The second-order valence-electron chi connectivity index (χ2n) is 9.39. The molecule has 9 heteroatoms. The number of H-pyrrole nitrogens is 1. The van der Waals surface area contributed by atoms with Crippen LogP contribution in [0.1, 0.15) is 35.5 Å². The number of nitrogens with zero attached hydrogens (tertiary/aromatic N) is 1. The molecule has 4 aromatic rings. The highest BCUT2D eigenvalue weighted by molar-refractivity contribution is 6.37. The topological polar surface area (TPSA) is 95.7 Å². The van der Waals surface area contributed by atoms with Crippen molar-refractivity contribution in [2.45, 2.75) is 13.8 Å². The largest absolute Gasteiger partial charge is 0.495 e. The van der Waals surface area contributed by atoms with Crippen LogP contribution in [-0.4, -0.2) is 55.0 Å². The molecule has 0 radical (unpaired) electrons. The van der Waals surface area contributed by atoms with Gasteiger partial charge in [0.15, 0.2) is 0 Å². The van der Waals surface area contributed by atoms with E-state index in [4.69, 9.17) is 21.1 Å². The number of anilines is 2. The van der Waals surface area contributed by atoms with Gasteiger partial charge in [0.1, 0.15) is 18.1 Å². The summed E-state index contributed by atoms with van der Waals surface area (Å²) in [4.78, 5) is 32.0. The molecule has 1 aliphatic rings. The average Bonchev–Trinajstić information content (AvgIpc) is 3.50. The first-order valence-electron chi connectivity index (χ1n) is 13.2. The van der Waals surface area contributed by atoms with E-state index in [0.717, 1.165) is 42.0 Å². The molecule has 0 unspecified atom stereocenters. The van der Waals surface area contributed by atoms with Crippen LogP contribution < -0.4 is 20.1 Å². The molecule has 0 saturated heterocycles. The van der Waals surface area contributed by atoms with E-state index >= 15 is 0 Å². The van der Waals surface area contributed by atoms with E-state index in [1.807, 2.05) is 24.3 Å². The number of carbonyl (C=O) groups excluding carboxylic acids is 2. The number of hydrogen-bond donors (Lipinski definition) is 3. The molecule has 1 aromatic heterocycles. The molecule has 0 spiro atoms. The van der Waals surface area contributed by atoms with Crippen molar-refractivity contribution in [2.24, 2.45) is 0 Å². The zero-order valence-electron chi connectivity index (χ0n) is 22.6. The number of likely N-dealkylation sites (N-methyl/N-ethyl adjacent to an activating group) is 1. The molecule has 0 fully saturated rings. The minimum Gasteiger partial charge on any atom is -0.495 e. The van der Waals surface area contributed by atoms with Crippen molar-refractivity contribution in [1.29, 1.82) is 0 Å². The molecule has 3 N–H and O–H groups in total. The van der Waals surface area contributed by atoms with Crippen molar-refractivity contribution in [3.8, 4) is 11.5 Å². The fourth-order valence-corrected chi connectivity index (χ4v) is 5.07. The Balaban J connectivity index is 1.40. The minimum absolute atomic E-state index is 0.276. The highest BCUT2D eigenvalue weighted by Crippen LogP contribution is 2.37. The van der Waals surface area contributed by atoms with Crippen molar-refractivity contribution >= 4 is 57.3 Å². The molecule has 8 nitrogen and oxygen atoms in total. The third kappa shape index (κ3) is 5.68. The summed E-state index contributed by atoms with van der Waals surface area (Å²) in [6, 6.07) is 18.1. The fourth-order valence-electron chi connectivity index (χ4n) is 4.81. The van der Waals surface area contributed by atoms with Gasteiger partial charge in [-0.3, -0.25) is 9.59 Å². The van der Waals surface area contributed by atoms with Gasteiger partial charge in [-0.2, -0.15) is 0 Å². The van der Waals surface area contributed by atoms with Gasteiger partial charge in [-0.25, -0.2) is 0 Å². The van der Waals surface area contributed by atoms with Crippen molar-refractivity contribution in [3.63, 3.8) is 0 Å². The van der Waals surface area contributed by atoms with Crippen LogP contribution in [0, 0.1) is 0 Å². The summed E-state index contributed by atoms with van der Waals surface area (Å²) in [5.74, 6) is 0.668. The molecular formula is C31H31ClN4O4. The number of nitrogens with one attached hydrogen (secondary N) is 3. The lowest BCUT2D eigenvalue weighted by Crippen LogP contribution is -2.27. The molecule has 1 aliphatic heterocycles. The van der Waals surface area contributed by atoms with E-state index in [-0.39, 0.29) is 11.8 Å². The van der Waals surface area contributed by atoms with Gasteiger partial charge >= 0.3 is 0 Å². The number of aromatic nitrogens is 1. The van der Waals surface area contributed by atoms with Crippen molar-refractivity contribution < 1.29 is 19.1 Å². The molecule has 2 heterocycles. The number of hydrogen-bond acceptors (Lipinski definition) is 5. The Morgan fingerprint density at radius 3 is 2.65 bits per heavy atom. The lowest BCUT2D eigenvalue weighted by Gasteiger charge is -2.17. The summed E-state index contributed by atoms with van der Waals surface area (Å²) in [6.45, 7) is 7.74. The lowest BCUT2D eigenvalue weighted by molar-refractivity contribution is -0.110. The Bertz CT molecular complexity index is 1610. The van der Waals surface area contributed by atoms with Gasteiger partial charge < -0.3 is 30.0 Å². The summed E-state index contributed by atoms with van der Waals surface area (Å²) in [7, 11) is 1.53. The van der Waals surface area contributed by atoms with Gasteiger partial charge in [-0.05, 0) is 73.8 Å². The Kier molecular flexibility index (Phi) is 8.09. The predicted molar refractivity (Wildman–Crippen MR) is 160 cm³/mol. The number of aromatic amines is 1. The number of benzene rings is 3. The first-order valence-corrected chi connectivity index (χ1v) is 13.6. The van der Waals surface area contributed by atoms with Gasteiger partial charge in [0.2, 0.25) is 0 Å². The smallest absolute Gasteiger partial charge is 0.256 e. The fraction of sp³-hybridized carbons (Fsp3) is 0.226. The Labute approximate surface area is 237 Å². The van der Waals surface area contributed by atoms with Crippen LogP contribution in [0.15, 0.2) is 60.7 Å². The van der Waals surface area contributed by atoms with Crippen LogP contribution in [-0.2, 0) is 4.79 Å². The summed E-state index contributed by atoms with van der Waals surface area (Å²) in [5.41, 5.74) is 4.07. The quantitative estimate of drug-likeness (QED) is 0.199. The van der Waals surface area contributed by atoms with Crippen LogP contribution in [0.25, 0.3) is 22.6 Å². The molecule has 3 aromatic carbocycles. The third-order valence-electron chi connectivity index (χ3n) is 6.96. The monoisotopic (exact) mass is 558 g/mol. The summed E-state index contributed by atoms with van der Waals surface area (Å²) in [5, 5.41) is 7.09. The molecule has 0 saturated carbocycles. The van der Waals surface area contributed by atoms with Crippen LogP contribution in [0.3, 0.4) is 0 Å².